The fourth-order valence-electron chi connectivity index (χ4n) is 1.35. The average Bonchev–Trinajstić information content (AvgIpc) is 2.28. The molecule has 0 aliphatic heterocycles. The minimum atomic E-state index is -0.332. The number of aromatic hydroxyl groups is 1. The van der Waals surface area contributed by atoms with Crippen LogP contribution >= 0.6 is 31.9 Å². The van der Waals surface area contributed by atoms with Crippen molar-refractivity contribution in [3.05, 3.63) is 29.3 Å². The van der Waals surface area contributed by atoms with Gasteiger partial charge in [0.05, 0.1) is 5.54 Å². The highest BCUT2D eigenvalue weighted by atomic mass is 79.9. The lowest BCUT2D eigenvalue weighted by Crippen LogP contribution is -2.49. The van der Waals surface area contributed by atoms with Crippen LogP contribution in [0.2, 0.25) is 0 Å². The fraction of sp³-hybridized carbons (Fsp3) is 0.417. The number of phenols is 1. The minimum absolute atomic E-state index is 0.135. The second-order valence-corrected chi connectivity index (χ2v) is 5.40. The second kappa shape index (κ2) is 5.87. The van der Waals surface area contributed by atoms with Crippen molar-refractivity contribution in [2.45, 2.75) is 19.4 Å². The summed E-state index contributed by atoms with van der Waals surface area (Å²) in [6, 6.07) is 4.72. The van der Waals surface area contributed by atoms with E-state index in [2.05, 4.69) is 37.2 Å². The van der Waals surface area contributed by atoms with Gasteiger partial charge < -0.3 is 10.4 Å². The number of amides is 1. The molecule has 1 rings (SSSR count). The SMILES string of the molecule is Cc1cc(O)ccc1C(=O)NC(C)(CBr)CBr. The van der Waals surface area contributed by atoms with Gasteiger partial charge in [-0.3, -0.25) is 4.79 Å². The number of hydrogen-bond donors (Lipinski definition) is 2. The van der Waals surface area contributed by atoms with Gasteiger partial charge >= 0.3 is 0 Å². The van der Waals surface area contributed by atoms with Gasteiger partial charge in [0.2, 0.25) is 0 Å². The number of alkyl halides is 2. The smallest absolute Gasteiger partial charge is 0.252 e. The van der Waals surface area contributed by atoms with Crippen LogP contribution < -0.4 is 5.32 Å². The largest absolute Gasteiger partial charge is 0.508 e. The topological polar surface area (TPSA) is 49.3 Å². The molecule has 0 saturated heterocycles. The van der Waals surface area contributed by atoms with Gasteiger partial charge in [-0.15, -0.1) is 0 Å². The van der Waals surface area contributed by atoms with Crippen LogP contribution in [0.1, 0.15) is 22.8 Å². The van der Waals surface area contributed by atoms with Gasteiger partial charge in [-0.2, -0.15) is 0 Å². The molecule has 0 saturated carbocycles. The van der Waals surface area contributed by atoms with Gasteiger partial charge in [-0.1, -0.05) is 31.9 Å². The van der Waals surface area contributed by atoms with Crippen LogP contribution in [-0.4, -0.2) is 27.2 Å². The molecule has 0 radical (unpaired) electrons. The number of carbonyl (C=O) groups is 1. The summed E-state index contributed by atoms with van der Waals surface area (Å²) in [5, 5.41) is 13.6. The van der Waals surface area contributed by atoms with E-state index in [1.165, 1.54) is 6.07 Å². The first-order valence-corrected chi connectivity index (χ1v) is 7.40. The molecular weight excluding hydrogens is 350 g/mol. The summed E-state index contributed by atoms with van der Waals surface area (Å²) < 4.78 is 0. The number of nitrogens with one attached hydrogen (secondary N) is 1. The molecule has 3 nitrogen and oxygen atoms in total. The molecule has 0 atom stereocenters. The normalized spacial score (nSPS) is 11.3. The lowest BCUT2D eigenvalue weighted by molar-refractivity contribution is 0.0922. The van der Waals surface area contributed by atoms with Crippen molar-refractivity contribution in [2.24, 2.45) is 0 Å². The summed E-state index contributed by atoms with van der Waals surface area (Å²) in [7, 11) is 0. The maximum Gasteiger partial charge on any atom is 0.252 e. The molecule has 17 heavy (non-hydrogen) atoms. The van der Waals surface area contributed by atoms with Gasteiger partial charge in [-0.05, 0) is 37.6 Å². The van der Waals surface area contributed by atoms with Crippen LogP contribution in [0.5, 0.6) is 5.75 Å². The van der Waals surface area contributed by atoms with Crippen LogP contribution in [0.4, 0.5) is 0 Å². The molecular formula is C12H15Br2NO2. The molecule has 0 aliphatic rings. The van der Waals surface area contributed by atoms with Crippen molar-refractivity contribution in [1.82, 2.24) is 5.32 Å². The Morgan fingerprint density at radius 1 is 1.41 bits per heavy atom. The Hall–Kier alpha value is -0.550. The van der Waals surface area contributed by atoms with Crippen molar-refractivity contribution in [1.29, 1.82) is 0 Å². The Bertz CT molecular complexity index is 417. The summed E-state index contributed by atoms with van der Waals surface area (Å²) in [5.41, 5.74) is 1.01. The van der Waals surface area contributed by atoms with Gasteiger partial charge in [0.25, 0.3) is 5.91 Å². The van der Waals surface area contributed by atoms with E-state index in [-0.39, 0.29) is 17.2 Å². The van der Waals surface area contributed by atoms with Crippen molar-refractivity contribution < 1.29 is 9.90 Å². The molecule has 1 aromatic carbocycles. The van der Waals surface area contributed by atoms with Crippen LogP contribution in [-0.2, 0) is 0 Å². The van der Waals surface area contributed by atoms with Crippen LogP contribution in [0.15, 0.2) is 18.2 Å². The molecule has 0 fully saturated rings. The monoisotopic (exact) mass is 363 g/mol. The predicted octanol–water partition coefficient (Wildman–Crippen LogP) is 2.98. The minimum Gasteiger partial charge on any atom is -0.508 e. The van der Waals surface area contributed by atoms with E-state index in [1.807, 2.05) is 6.92 Å². The van der Waals surface area contributed by atoms with E-state index in [0.29, 0.717) is 16.2 Å². The fourth-order valence-corrected chi connectivity index (χ4v) is 2.56. The molecule has 2 N–H and O–H groups in total. The highest BCUT2D eigenvalue weighted by Crippen LogP contribution is 2.18. The van der Waals surface area contributed by atoms with Crippen molar-refractivity contribution in [3.63, 3.8) is 0 Å². The average molecular weight is 365 g/mol. The third-order valence-corrected chi connectivity index (χ3v) is 4.93. The first-order chi connectivity index (χ1) is 7.91. The number of benzene rings is 1. The number of carbonyl (C=O) groups excluding carboxylic acids is 1. The molecule has 94 valence electrons. The summed E-state index contributed by atoms with van der Waals surface area (Å²) in [5.74, 6) is 0.0340. The predicted molar refractivity (Wildman–Crippen MR) is 76.3 cm³/mol. The van der Waals surface area contributed by atoms with Gasteiger partial charge in [0.1, 0.15) is 5.75 Å². The first-order valence-electron chi connectivity index (χ1n) is 5.16. The maximum absolute atomic E-state index is 12.1. The quantitative estimate of drug-likeness (QED) is 0.807. The van der Waals surface area contributed by atoms with Crippen LogP contribution in [0.25, 0.3) is 0 Å². The number of aryl methyl sites for hydroxylation is 1. The number of halogens is 2. The zero-order valence-electron chi connectivity index (χ0n) is 9.76. The van der Waals surface area contributed by atoms with Gasteiger partial charge in [0, 0.05) is 16.2 Å². The lowest BCUT2D eigenvalue weighted by Gasteiger charge is -2.26. The molecule has 1 aromatic rings. The van der Waals surface area contributed by atoms with Gasteiger partial charge in [-0.25, -0.2) is 0 Å². The number of rotatable bonds is 4. The molecule has 0 spiro atoms. The highest BCUT2D eigenvalue weighted by Gasteiger charge is 2.24. The molecule has 0 aliphatic carbocycles. The summed E-state index contributed by atoms with van der Waals surface area (Å²) in [6.07, 6.45) is 0. The van der Waals surface area contributed by atoms with Crippen molar-refractivity contribution in [2.75, 3.05) is 10.7 Å². The molecule has 5 heteroatoms. The number of hydrogen-bond acceptors (Lipinski definition) is 2. The zero-order valence-corrected chi connectivity index (χ0v) is 12.9. The Balaban J connectivity index is 2.90. The van der Waals surface area contributed by atoms with E-state index in [4.69, 9.17) is 0 Å². The van der Waals surface area contributed by atoms with E-state index < -0.39 is 0 Å². The first kappa shape index (κ1) is 14.5. The third kappa shape index (κ3) is 3.71. The Kier molecular flexibility index (Phi) is 5.01. The summed E-state index contributed by atoms with van der Waals surface area (Å²) in [6.45, 7) is 3.75. The lowest BCUT2D eigenvalue weighted by atomic mass is 10.0. The second-order valence-electron chi connectivity index (χ2n) is 4.28. The van der Waals surface area contributed by atoms with Crippen LogP contribution in [0.3, 0.4) is 0 Å². The molecule has 0 unspecified atom stereocenters. The van der Waals surface area contributed by atoms with E-state index >= 15 is 0 Å². The Morgan fingerprint density at radius 3 is 2.47 bits per heavy atom. The maximum atomic E-state index is 12.1. The molecule has 0 heterocycles. The van der Waals surface area contributed by atoms with E-state index in [1.54, 1.807) is 19.1 Å². The van der Waals surface area contributed by atoms with Gasteiger partial charge in [0.15, 0.2) is 0 Å². The van der Waals surface area contributed by atoms with E-state index in [0.717, 1.165) is 5.56 Å². The zero-order chi connectivity index (χ0) is 13.1. The third-order valence-electron chi connectivity index (χ3n) is 2.46. The van der Waals surface area contributed by atoms with Crippen molar-refractivity contribution in [3.8, 4) is 5.75 Å². The van der Waals surface area contributed by atoms with Crippen LogP contribution in [0, 0.1) is 6.92 Å². The van der Waals surface area contributed by atoms with Crippen molar-refractivity contribution >= 4 is 37.8 Å². The molecule has 0 bridgehead atoms. The molecule has 0 aromatic heterocycles. The summed E-state index contributed by atoms with van der Waals surface area (Å²) in [4.78, 5) is 12.1. The summed E-state index contributed by atoms with van der Waals surface area (Å²) >= 11 is 6.76. The standard InChI is InChI=1S/C12H15Br2NO2/c1-8-5-9(16)3-4-10(8)11(17)15-12(2,6-13)7-14/h3-5,16H,6-7H2,1-2H3,(H,15,17). The molecule has 1 amide bonds. The number of phenolic OH excluding ortho intramolecular Hbond substituents is 1. The highest BCUT2D eigenvalue weighted by molar-refractivity contribution is 9.09. The Morgan fingerprint density at radius 2 is 2.00 bits per heavy atom. The van der Waals surface area contributed by atoms with E-state index in [9.17, 15) is 9.90 Å². The Labute approximate surface area is 118 Å².